The standard InChI is InChI=1S/C27H31N5O3S/c1-3-5-16-28-23(33)15-14-22-26(35)32-25(30-22)20-8-6-7-9-21(20)31-27(32)36-17-24(34)29-19-12-10-18(4-2)11-13-19/h6-13,22H,3-5,14-17H2,1-2H3,(H,28,33)(H,29,34)/t22-/m0/s1. The zero-order valence-corrected chi connectivity index (χ0v) is 21.4. The van der Waals surface area contributed by atoms with E-state index in [2.05, 4.69) is 34.5 Å². The first-order valence-corrected chi connectivity index (χ1v) is 13.4. The molecule has 0 aromatic heterocycles. The number of thioether (sulfide) groups is 1. The molecule has 0 saturated carbocycles. The summed E-state index contributed by atoms with van der Waals surface area (Å²) >= 11 is 1.20. The third-order valence-electron chi connectivity index (χ3n) is 6.02. The summed E-state index contributed by atoms with van der Waals surface area (Å²) in [5.74, 6) is 0.144. The summed E-state index contributed by atoms with van der Waals surface area (Å²) in [5, 5.41) is 6.20. The van der Waals surface area contributed by atoms with Crippen molar-refractivity contribution >= 4 is 51.9 Å². The van der Waals surface area contributed by atoms with Crippen molar-refractivity contribution in [3.63, 3.8) is 0 Å². The van der Waals surface area contributed by atoms with Crippen molar-refractivity contribution in [1.29, 1.82) is 0 Å². The third kappa shape index (κ3) is 6.02. The first-order valence-electron chi connectivity index (χ1n) is 12.4. The van der Waals surface area contributed by atoms with Gasteiger partial charge >= 0.3 is 0 Å². The molecule has 0 aliphatic carbocycles. The predicted octanol–water partition coefficient (Wildman–Crippen LogP) is 4.28. The molecule has 0 fully saturated rings. The zero-order valence-electron chi connectivity index (χ0n) is 20.6. The van der Waals surface area contributed by atoms with E-state index in [9.17, 15) is 14.4 Å². The zero-order chi connectivity index (χ0) is 25.5. The van der Waals surface area contributed by atoms with Gasteiger partial charge in [-0.15, -0.1) is 0 Å². The minimum absolute atomic E-state index is 0.0753. The second kappa shape index (κ2) is 12.0. The minimum Gasteiger partial charge on any atom is -0.356 e. The molecule has 1 atom stereocenters. The summed E-state index contributed by atoms with van der Waals surface area (Å²) in [5.41, 5.74) is 3.40. The number of para-hydroxylation sites is 1. The molecule has 2 N–H and O–H groups in total. The van der Waals surface area contributed by atoms with Gasteiger partial charge in [0.15, 0.2) is 5.17 Å². The van der Waals surface area contributed by atoms with Crippen molar-refractivity contribution in [2.45, 2.75) is 52.0 Å². The van der Waals surface area contributed by atoms with Crippen LogP contribution in [0.15, 0.2) is 58.5 Å². The van der Waals surface area contributed by atoms with Crippen LogP contribution in [-0.2, 0) is 20.8 Å². The monoisotopic (exact) mass is 505 g/mol. The summed E-state index contributed by atoms with van der Waals surface area (Å²) < 4.78 is 0. The number of anilines is 1. The molecule has 3 amide bonds. The van der Waals surface area contributed by atoms with Gasteiger partial charge in [-0.25, -0.2) is 9.89 Å². The maximum Gasteiger partial charge on any atom is 0.259 e. The van der Waals surface area contributed by atoms with E-state index in [0.29, 0.717) is 29.7 Å². The van der Waals surface area contributed by atoms with E-state index in [-0.39, 0.29) is 29.9 Å². The summed E-state index contributed by atoms with van der Waals surface area (Å²) in [6, 6.07) is 14.6. The third-order valence-corrected chi connectivity index (χ3v) is 6.96. The lowest BCUT2D eigenvalue weighted by molar-refractivity contribution is -0.125. The fourth-order valence-electron chi connectivity index (χ4n) is 4.00. The number of nitrogens with zero attached hydrogens (tertiary/aromatic N) is 3. The van der Waals surface area contributed by atoms with E-state index >= 15 is 0 Å². The van der Waals surface area contributed by atoms with Crippen molar-refractivity contribution in [3.05, 3.63) is 59.7 Å². The lowest BCUT2D eigenvalue weighted by Crippen LogP contribution is -2.41. The topological polar surface area (TPSA) is 103 Å². The average Bonchev–Trinajstić information content (AvgIpc) is 3.23. The summed E-state index contributed by atoms with van der Waals surface area (Å²) in [6.45, 7) is 4.79. The van der Waals surface area contributed by atoms with Crippen LogP contribution in [0.1, 0.15) is 50.7 Å². The molecule has 2 aliphatic rings. The van der Waals surface area contributed by atoms with E-state index in [1.807, 2.05) is 48.5 Å². The normalized spacial score (nSPS) is 16.1. The van der Waals surface area contributed by atoms with Gasteiger partial charge in [-0.05, 0) is 49.1 Å². The maximum atomic E-state index is 13.3. The molecule has 2 aromatic rings. The number of unbranched alkanes of at least 4 members (excludes halogenated alkanes) is 1. The Balaban J connectivity index is 1.43. The van der Waals surface area contributed by atoms with Crippen molar-refractivity contribution in [2.24, 2.45) is 9.98 Å². The molecule has 0 radical (unpaired) electrons. The lowest BCUT2D eigenvalue weighted by Gasteiger charge is -2.25. The van der Waals surface area contributed by atoms with Gasteiger partial charge in [0.05, 0.1) is 11.4 Å². The van der Waals surface area contributed by atoms with Crippen molar-refractivity contribution in [2.75, 3.05) is 17.6 Å². The molecule has 36 heavy (non-hydrogen) atoms. The van der Waals surface area contributed by atoms with Crippen LogP contribution < -0.4 is 10.6 Å². The number of aryl methyl sites for hydroxylation is 1. The van der Waals surface area contributed by atoms with Gasteiger partial charge in [0, 0.05) is 24.2 Å². The van der Waals surface area contributed by atoms with E-state index in [4.69, 9.17) is 0 Å². The molecular formula is C27H31N5O3S. The number of rotatable bonds is 10. The fourth-order valence-corrected chi connectivity index (χ4v) is 4.80. The van der Waals surface area contributed by atoms with Crippen LogP contribution in [0.25, 0.3) is 0 Å². The Morgan fingerprint density at radius 3 is 2.58 bits per heavy atom. The fraction of sp³-hybridized carbons (Fsp3) is 0.370. The average molecular weight is 506 g/mol. The number of fused-ring (bicyclic) bond motifs is 3. The second-order valence-corrected chi connectivity index (χ2v) is 9.63. The number of carbonyl (C=O) groups excluding carboxylic acids is 3. The molecule has 0 bridgehead atoms. The van der Waals surface area contributed by atoms with E-state index in [0.717, 1.165) is 30.5 Å². The molecule has 188 valence electrons. The second-order valence-electron chi connectivity index (χ2n) is 8.68. The number of amidine groups is 2. The highest BCUT2D eigenvalue weighted by molar-refractivity contribution is 8.14. The van der Waals surface area contributed by atoms with Gasteiger partial charge in [-0.2, -0.15) is 0 Å². The minimum atomic E-state index is -0.653. The maximum absolute atomic E-state index is 13.3. The van der Waals surface area contributed by atoms with Gasteiger partial charge in [-0.1, -0.05) is 56.3 Å². The molecule has 8 nitrogen and oxygen atoms in total. The number of aliphatic imine (C=N–C) groups is 2. The molecule has 0 unspecified atom stereocenters. The van der Waals surface area contributed by atoms with Gasteiger partial charge in [0.2, 0.25) is 11.8 Å². The van der Waals surface area contributed by atoms with Crippen LogP contribution in [0.4, 0.5) is 11.4 Å². The van der Waals surface area contributed by atoms with Crippen LogP contribution in [0.5, 0.6) is 0 Å². The molecule has 2 heterocycles. The SMILES string of the molecule is CCCCNC(=O)CC[C@@H]1N=C2c3ccccc3N=C(SCC(=O)Nc3ccc(CC)cc3)N2C1=O. The Hall–Kier alpha value is -3.46. The number of hydrogen-bond acceptors (Lipinski definition) is 6. The molecule has 2 aromatic carbocycles. The highest BCUT2D eigenvalue weighted by atomic mass is 32.2. The molecule has 0 saturated heterocycles. The Morgan fingerprint density at radius 2 is 1.83 bits per heavy atom. The van der Waals surface area contributed by atoms with Crippen LogP contribution in [-0.4, -0.2) is 52.0 Å². The van der Waals surface area contributed by atoms with Gasteiger partial charge < -0.3 is 10.6 Å². The van der Waals surface area contributed by atoms with Crippen molar-refractivity contribution in [3.8, 4) is 0 Å². The lowest BCUT2D eigenvalue weighted by atomic mass is 10.1. The Bertz CT molecular complexity index is 1190. The molecule has 4 rings (SSSR count). The highest BCUT2D eigenvalue weighted by Gasteiger charge is 2.41. The Labute approximate surface area is 215 Å². The first kappa shape index (κ1) is 25.6. The smallest absolute Gasteiger partial charge is 0.259 e. The largest absolute Gasteiger partial charge is 0.356 e. The molecule has 0 spiro atoms. The van der Waals surface area contributed by atoms with Gasteiger partial charge in [0.1, 0.15) is 11.9 Å². The first-order chi connectivity index (χ1) is 17.5. The molecular weight excluding hydrogens is 474 g/mol. The van der Waals surface area contributed by atoms with E-state index in [1.54, 1.807) is 0 Å². The van der Waals surface area contributed by atoms with Gasteiger partial charge in [0.25, 0.3) is 5.91 Å². The van der Waals surface area contributed by atoms with E-state index in [1.165, 1.54) is 22.2 Å². The summed E-state index contributed by atoms with van der Waals surface area (Å²) in [4.78, 5) is 48.9. The van der Waals surface area contributed by atoms with Crippen molar-refractivity contribution in [1.82, 2.24) is 10.2 Å². The number of hydrogen-bond donors (Lipinski definition) is 2. The highest BCUT2D eigenvalue weighted by Crippen LogP contribution is 2.34. The number of nitrogens with one attached hydrogen (secondary N) is 2. The summed E-state index contributed by atoms with van der Waals surface area (Å²) in [7, 11) is 0. The van der Waals surface area contributed by atoms with Crippen molar-refractivity contribution < 1.29 is 14.4 Å². The van der Waals surface area contributed by atoms with Crippen LogP contribution in [0.2, 0.25) is 0 Å². The Kier molecular flexibility index (Phi) is 8.53. The molecule has 9 heteroatoms. The molecule has 2 aliphatic heterocycles. The summed E-state index contributed by atoms with van der Waals surface area (Å²) in [6.07, 6.45) is 3.42. The Morgan fingerprint density at radius 1 is 1.06 bits per heavy atom. The van der Waals surface area contributed by atoms with Crippen LogP contribution in [0, 0.1) is 0 Å². The van der Waals surface area contributed by atoms with Crippen LogP contribution >= 0.6 is 11.8 Å². The number of amides is 3. The van der Waals surface area contributed by atoms with Gasteiger partial charge in [-0.3, -0.25) is 19.4 Å². The predicted molar refractivity (Wildman–Crippen MR) is 145 cm³/mol. The quantitative estimate of drug-likeness (QED) is 0.471. The number of carbonyl (C=O) groups is 3. The van der Waals surface area contributed by atoms with Crippen LogP contribution in [0.3, 0.4) is 0 Å². The van der Waals surface area contributed by atoms with E-state index < -0.39 is 6.04 Å². The number of benzene rings is 2.